The average Bonchev–Trinajstić information content (AvgIpc) is 2.96. The number of thioether (sulfide) groups is 1. The SMILES string of the molecule is CC(C)c1cnc(SCC(=O)O)n1Cc1cscn1. The van der Waals surface area contributed by atoms with Crippen LogP contribution in [0.4, 0.5) is 0 Å². The second-order valence-corrected chi connectivity index (χ2v) is 6.03. The van der Waals surface area contributed by atoms with Crippen molar-refractivity contribution < 1.29 is 9.90 Å². The molecule has 0 radical (unpaired) electrons. The van der Waals surface area contributed by atoms with Crippen molar-refractivity contribution in [1.82, 2.24) is 14.5 Å². The Morgan fingerprint density at radius 2 is 2.32 bits per heavy atom. The molecule has 0 aliphatic carbocycles. The van der Waals surface area contributed by atoms with Gasteiger partial charge in [0, 0.05) is 17.3 Å². The zero-order chi connectivity index (χ0) is 13.8. The van der Waals surface area contributed by atoms with Gasteiger partial charge in [0.05, 0.1) is 23.5 Å². The first-order chi connectivity index (χ1) is 9.08. The molecule has 0 fully saturated rings. The maximum absolute atomic E-state index is 10.7. The van der Waals surface area contributed by atoms with Crippen LogP contribution in [0.5, 0.6) is 0 Å². The van der Waals surface area contributed by atoms with Gasteiger partial charge in [0.1, 0.15) is 0 Å². The summed E-state index contributed by atoms with van der Waals surface area (Å²) < 4.78 is 2.05. The Bertz CT molecular complexity index is 549. The molecule has 0 atom stereocenters. The molecular formula is C12H15N3O2S2. The average molecular weight is 297 g/mol. The molecule has 0 saturated carbocycles. The van der Waals surface area contributed by atoms with Crippen molar-refractivity contribution in [3.8, 4) is 0 Å². The van der Waals surface area contributed by atoms with Gasteiger partial charge < -0.3 is 9.67 Å². The molecule has 0 aliphatic heterocycles. The molecule has 0 unspecified atom stereocenters. The van der Waals surface area contributed by atoms with Crippen LogP contribution in [0, 0.1) is 0 Å². The molecule has 1 N–H and O–H groups in total. The van der Waals surface area contributed by atoms with Crippen LogP contribution >= 0.6 is 23.1 Å². The van der Waals surface area contributed by atoms with E-state index in [2.05, 4.69) is 23.8 Å². The molecule has 0 aromatic carbocycles. The second-order valence-electron chi connectivity index (χ2n) is 4.37. The maximum atomic E-state index is 10.7. The third-order valence-electron chi connectivity index (χ3n) is 2.57. The van der Waals surface area contributed by atoms with E-state index in [9.17, 15) is 4.79 Å². The number of carboxylic acids is 1. The molecule has 2 rings (SSSR count). The Balaban J connectivity index is 2.25. The minimum atomic E-state index is -0.834. The smallest absolute Gasteiger partial charge is 0.313 e. The van der Waals surface area contributed by atoms with Gasteiger partial charge in [0.2, 0.25) is 0 Å². The number of carboxylic acid groups (broad SMARTS) is 1. The third kappa shape index (κ3) is 3.57. The van der Waals surface area contributed by atoms with E-state index in [4.69, 9.17) is 5.11 Å². The van der Waals surface area contributed by atoms with Gasteiger partial charge in [-0.15, -0.1) is 11.3 Å². The molecule has 102 valence electrons. The van der Waals surface area contributed by atoms with Crippen LogP contribution in [0.2, 0.25) is 0 Å². The number of hydrogen-bond acceptors (Lipinski definition) is 5. The summed E-state index contributed by atoms with van der Waals surface area (Å²) in [5.41, 5.74) is 3.87. The zero-order valence-corrected chi connectivity index (χ0v) is 12.4. The van der Waals surface area contributed by atoms with Crippen molar-refractivity contribution in [1.29, 1.82) is 0 Å². The van der Waals surface area contributed by atoms with Crippen LogP contribution in [0.15, 0.2) is 22.2 Å². The molecule has 0 amide bonds. The number of aliphatic carboxylic acids is 1. The van der Waals surface area contributed by atoms with Crippen LogP contribution in [0.1, 0.15) is 31.2 Å². The predicted octanol–water partition coefficient (Wildman–Crippen LogP) is 2.69. The van der Waals surface area contributed by atoms with Crippen LogP contribution in [0.25, 0.3) is 0 Å². The fraction of sp³-hybridized carbons (Fsp3) is 0.417. The standard InChI is InChI=1S/C12H15N3O2S2/c1-8(2)10-3-13-12(19-6-11(16)17)15(10)4-9-5-18-7-14-9/h3,5,7-8H,4,6H2,1-2H3,(H,16,17). The number of rotatable bonds is 6. The minimum Gasteiger partial charge on any atom is -0.481 e. The third-order valence-corrected chi connectivity index (χ3v) is 4.18. The molecule has 0 aliphatic rings. The number of nitrogens with zero attached hydrogens (tertiary/aromatic N) is 3. The van der Waals surface area contributed by atoms with Crippen LogP contribution in [-0.2, 0) is 11.3 Å². The van der Waals surface area contributed by atoms with Crippen molar-refractivity contribution in [2.45, 2.75) is 31.5 Å². The first-order valence-electron chi connectivity index (χ1n) is 5.85. The Labute approximate surface area is 119 Å². The molecule has 0 bridgehead atoms. The largest absolute Gasteiger partial charge is 0.481 e. The fourth-order valence-electron chi connectivity index (χ4n) is 1.71. The topological polar surface area (TPSA) is 68.0 Å². The molecule has 0 saturated heterocycles. The predicted molar refractivity (Wildman–Crippen MR) is 75.9 cm³/mol. The highest BCUT2D eigenvalue weighted by atomic mass is 32.2. The van der Waals surface area contributed by atoms with E-state index in [1.807, 2.05) is 16.1 Å². The first-order valence-corrected chi connectivity index (χ1v) is 7.78. The van der Waals surface area contributed by atoms with E-state index in [1.54, 1.807) is 16.8 Å². The highest BCUT2D eigenvalue weighted by Crippen LogP contribution is 2.24. The summed E-state index contributed by atoms with van der Waals surface area (Å²) >= 11 is 2.80. The number of imidazole rings is 1. The normalized spacial score (nSPS) is 11.1. The summed E-state index contributed by atoms with van der Waals surface area (Å²) in [7, 11) is 0. The van der Waals surface area contributed by atoms with Crippen molar-refractivity contribution in [3.63, 3.8) is 0 Å². The van der Waals surface area contributed by atoms with Crippen LogP contribution in [0.3, 0.4) is 0 Å². The molecule has 7 heteroatoms. The Hall–Kier alpha value is -1.34. The fourth-order valence-corrected chi connectivity index (χ4v) is 2.97. The molecular weight excluding hydrogens is 282 g/mol. The molecule has 2 aromatic rings. The van der Waals surface area contributed by atoms with E-state index in [-0.39, 0.29) is 5.75 Å². The van der Waals surface area contributed by atoms with Gasteiger partial charge in [0.25, 0.3) is 0 Å². The lowest BCUT2D eigenvalue weighted by atomic mass is 10.1. The van der Waals surface area contributed by atoms with Gasteiger partial charge in [0.15, 0.2) is 5.16 Å². The molecule has 2 heterocycles. The van der Waals surface area contributed by atoms with Gasteiger partial charge >= 0.3 is 5.97 Å². The van der Waals surface area contributed by atoms with Gasteiger partial charge in [-0.05, 0) is 5.92 Å². The molecule has 2 aromatic heterocycles. The van der Waals surface area contributed by atoms with Crippen molar-refractivity contribution in [2.24, 2.45) is 0 Å². The van der Waals surface area contributed by atoms with Crippen molar-refractivity contribution in [2.75, 3.05) is 5.75 Å². The summed E-state index contributed by atoms with van der Waals surface area (Å²) in [4.78, 5) is 19.3. The van der Waals surface area contributed by atoms with Crippen molar-refractivity contribution >= 4 is 29.1 Å². The highest BCUT2D eigenvalue weighted by Gasteiger charge is 2.15. The summed E-state index contributed by atoms with van der Waals surface area (Å²) in [6.45, 7) is 4.83. The van der Waals surface area contributed by atoms with Gasteiger partial charge in [-0.3, -0.25) is 4.79 Å². The molecule has 0 spiro atoms. The number of thiazole rings is 1. The summed E-state index contributed by atoms with van der Waals surface area (Å²) in [5.74, 6) is -0.476. The summed E-state index contributed by atoms with van der Waals surface area (Å²) in [5, 5.41) is 11.5. The lowest BCUT2D eigenvalue weighted by Crippen LogP contribution is -2.08. The van der Waals surface area contributed by atoms with E-state index in [0.717, 1.165) is 16.5 Å². The Kier molecular flexibility index (Phi) is 4.60. The Morgan fingerprint density at radius 3 is 2.89 bits per heavy atom. The van der Waals surface area contributed by atoms with Crippen LogP contribution in [-0.4, -0.2) is 31.4 Å². The van der Waals surface area contributed by atoms with Gasteiger partial charge in [-0.25, -0.2) is 9.97 Å². The second kappa shape index (κ2) is 6.21. The highest BCUT2D eigenvalue weighted by molar-refractivity contribution is 7.99. The number of aromatic nitrogens is 3. The summed E-state index contributed by atoms with van der Waals surface area (Å²) in [6, 6.07) is 0. The quantitative estimate of drug-likeness (QED) is 0.830. The monoisotopic (exact) mass is 297 g/mol. The molecule has 5 nitrogen and oxygen atoms in total. The lowest BCUT2D eigenvalue weighted by molar-refractivity contribution is -0.133. The molecule has 19 heavy (non-hydrogen) atoms. The summed E-state index contributed by atoms with van der Waals surface area (Å²) in [6.07, 6.45) is 1.82. The maximum Gasteiger partial charge on any atom is 0.313 e. The minimum absolute atomic E-state index is 0.0195. The van der Waals surface area contributed by atoms with Gasteiger partial charge in [-0.2, -0.15) is 0 Å². The van der Waals surface area contributed by atoms with E-state index in [0.29, 0.717) is 12.5 Å². The van der Waals surface area contributed by atoms with Crippen molar-refractivity contribution in [3.05, 3.63) is 28.5 Å². The Morgan fingerprint density at radius 1 is 1.53 bits per heavy atom. The first kappa shape index (κ1) is 14.1. The zero-order valence-electron chi connectivity index (χ0n) is 10.7. The number of hydrogen-bond donors (Lipinski definition) is 1. The number of carbonyl (C=O) groups is 1. The van der Waals surface area contributed by atoms with E-state index in [1.165, 1.54) is 11.8 Å². The van der Waals surface area contributed by atoms with Crippen LogP contribution < -0.4 is 0 Å². The van der Waals surface area contributed by atoms with E-state index < -0.39 is 5.97 Å². The van der Waals surface area contributed by atoms with Gasteiger partial charge in [-0.1, -0.05) is 25.6 Å². The lowest BCUT2D eigenvalue weighted by Gasteiger charge is -2.12. The van der Waals surface area contributed by atoms with E-state index >= 15 is 0 Å².